The van der Waals surface area contributed by atoms with Gasteiger partial charge in [0.2, 0.25) is 0 Å². The highest BCUT2D eigenvalue weighted by Crippen LogP contribution is 2.43. The summed E-state index contributed by atoms with van der Waals surface area (Å²) in [4.78, 5) is 0. The van der Waals surface area contributed by atoms with Gasteiger partial charge in [0.25, 0.3) is 6.64 Å². The van der Waals surface area contributed by atoms with Crippen LogP contribution in [0.15, 0.2) is 0 Å². The Bertz CT molecular complexity index is 189. The van der Waals surface area contributed by atoms with E-state index >= 15 is 0 Å². The molecule has 0 amide bonds. The normalized spacial score (nSPS) is 11.2. The topological polar surface area (TPSA) is 30.5 Å². The van der Waals surface area contributed by atoms with Crippen molar-refractivity contribution in [1.29, 1.82) is 0 Å². The molecular formula is C5H11NO2PS3-. The van der Waals surface area contributed by atoms with Crippen molar-refractivity contribution in [3.05, 3.63) is 0 Å². The van der Waals surface area contributed by atoms with Crippen LogP contribution in [0.25, 0.3) is 0 Å². The SMILES string of the molecule is CCOP(=S)(NC(=S)[S-])OCC. The second kappa shape index (κ2) is 6.18. The van der Waals surface area contributed by atoms with E-state index in [1.165, 1.54) is 0 Å². The average Bonchev–Trinajstić information content (AvgIpc) is 1.85. The standard InChI is InChI=1S/C5H12NO2PS3/c1-3-7-9(12,8-4-2)6-5(10)11/h3-4H2,1-2H3,(H2,6,10,11,12)/p-1. The van der Waals surface area contributed by atoms with E-state index in [1.54, 1.807) is 0 Å². The molecule has 1 N–H and O–H groups in total. The van der Waals surface area contributed by atoms with Gasteiger partial charge in [-0.3, -0.25) is 0 Å². The van der Waals surface area contributed by atoms with Crippen LogP contribution in [0.4, 0.5) is 0 Å². The lowest BCUT2D eigenvalue weighted by atomic mass is 10.9. The first-order valence-electron chi connectivity index (χ1n) is 3.42. The maximum atomic E-state index is 5.22. The molecule has 0 aromatic carbocycles. The summed E-state index contributed by atoms with van der Waals surface area (Å²) in [6.07, 6.45) is 0. The lowest BCUT2D eigenvalue weighted by Crippen LogP contribution is -2.18. The molecule has 0 heterocycles. The molecule has 3 nitrogen and oxygen atoms in total. The molecule has 0 bridgehead atoms. The van der Waals surface area contributed by atoms with Crippen LogP contribution >= 0.6 is 18.9 Å². The summed E-state index contributed by atoms with van der Waals surface area (Å²) in [6.45, 7) is 2.22. The number of hydrogen-bond donors (Lipinski definition) is 1. The second-order valence-electron chi connectivity index (χ2n) is 1.73. The molecule has 0 aliphatic rings. The summed E-state index contributed by atoms with van der Waals surface area (Å²) in [6, 6.07) is 0. The van der Waals surface area contributed by atoms with Crippen molar-refractivity contribution in [2.24, 2.45) is 0 Å². The molecule has 0 saturated carbocycles. The van der Waals surface area contributed by atoms with Gasteiger partial charge < -0.3 is 39.0 Å². The fourth-order valence-electron chi connectivity index (χ4n) is 0.554. The van der Waals surface area contributed by atoms with Crippen molar-refractivity contribution in [3.8, 4) is 0 Å². The monoisotopic (exact) mass is 244 g/mol. The van der Waals surface area contributed by atoms with Gasteiger partial charge in [-0.25, -0.2) is 0 Å². The highest BCUT2D eigenvalue weighted by Gasteiger charge is 2.15. The summed E-state index contributed by atoms with van der Waals surface area (Å²) in [7, 11) is 0. The molecule has 72 valence electrons. The van der Waals surface area contributed by atoms with E-state index in [0.29, 0.717) is 13.2 Å². The summed E-state index contributed by atoms with van der Waals surface area (Å²) < 4.78 is 10.6. The van der Waals surface area contributed by atoms with Crippen LogP contribution in [0, 0.1) is 0 Å². The fraction of sp³-hybridized carbons (Fsp3) is 0.800. The number of nitrogens with one attached hydrogen (secondary N) is 1. The molecule has 0 aromatic rings. The van der Waals surface area contributed by atoms with Gasteiger partial charge in [-0.15, -0.1) is 0 Å². The lowest BCUT2D eigenvalue weighted by molar-refractivity contribution is 0.263. The van der Waals surface area contributed by atoms with Crippen LogP contribution in [0.5, 0.6) is 0 Å². The third-order valence-electron chi connectivity index (χ3n) is 0.826. The summed E-state index contributed by atoms with van der Waals surface area (Å²) in [5.41, 5.74) is 0. The Balaban J connectivity index is 4.18. The Morgan fingerprint density at radius 1 is 1.42 bits per heavy atom. The zero-order chi connectivity index (χ0) is 9.61. The predicted octanol–water partition coefficient (Wildman–Crippen LogP) is 1.71. The van der Waals surface area contributed by atoms with Gasteiger partial charge >= 0.3 is 0 Å². The molecule has 0 rings (SSSR count). The fourth-order valence-corrected chi connectivity index (χ4v) is 3.63. The minimum atomic E-state index is -2.44. The maximum Gasteiger partial charge on any atom is 0.286 e. The predicted molar refractivity (Wildman–Crippen MR) is 60.6 cm³/mol. The van der Waals surface area contributed by atoms with Crippen LogP contribution in [-0.4, -0.2) is 17.5 Å². The van der Waals surface area contributed by atoms with Gasteiger partial charge in [0.15, 0.2) is 0 Å². The van der Waals surface area contributed by atoms with Crippen molar-refractivity contribution in [2.45, 2.75) is 13.8 Å². The van der Waals surface area contributed by atoms with Crippen molar-refractivity contribution in [3.63, 3.8) is 0 Å². The van der Waals surface area contributed by atoms with Crippen molar-refractivity contribution >= 4 is 47.6 Å². The zero-order valence-electron chi connectivity index (χ0n) is 6.90. The molecule has 0 aliphatic heterocycles. The van der Waals surface area contributed by atoms with E-state index in [-0.39, 0.29) is 4.32 Å². The molecule has 0 spiro atoms. The van der Waals surface area contributed by atoms with Gasteiger partial charge in [-0.1, -0.05) is 4.32 Å². The van der Waals surface area contributed by atoms with Crippen LogP contribution < -0.4 is 5.09 Å². The van der Waals surface area contributed by atoms with Crippen molar-refractivity contribution in [1.82, 2.24) is 5.09 Å². The highest BCUT2D eigenvalue weighted by atomic mass is 32.5. The Kier molecular flexibility index (Phi) is 6.53. The minimum Gasteiger partial charge on any atom is -0.411 e. The lowest BCUT2D eigenvalue weighted by Gasteiger charge is -2.24. The third kappa shape index (κ3) is 5.35. The number of hydrogen-bond acceptors (Lipinski definition) is 5. The second-order valence-corrected chi connectivity index (χ2v) is 5.98. The van der Waals surface area contributed by atoms with E-state index in [4.69, 9.17) is 20.9 Å². The average molecular weight is 244 g/mol. The van der Waals surface area contributed by atoms with E-state index in [9.17, 15) is 0 Å². The third-order valence-corrected chi connectivity index (χ3v) is 3.93. The Labute approximate surface area is 88.8 Å². The van der Waals surface area contributed by atoms with Crippen LogP contribution in [0.3, 0.4) is 0 Å². The van der Waals surface area contributed by atoms with E-state index < -0.39 is 6.64 Å². The first-order chi connectivity index (χ1) is 5.54. The van der Waals surface area contributed by atoms with Gasteiger partial charge in [-0.05, 0) is 25.7 Å². The molecule has 0 aromatic heterocycles. The smallest absolute Gasteiger partial charge is 0.286 e. The molecule has 0 saturated heterocycles. The summed E-state index contributed by atoms with van der Waals surface area (Å²) in [5, 5.41) is 2.69. The molecular weight excluding hydrogens is 233 g/mol. The maximum absolute atomic E-state index is 5.22. The Morgan fingerprint density at radius 2 is 1.83 bits per heavy atom. The molecule has 12 heavy (non-hydrogen) atoms. The molecule has 0 radical (unpaired) electrons. The van der Waals surface area contributed by atoms with E-state index in [2.05, 4.69) is 29.9 Å². The summed E-state index contributed by atoms with van der Waals surface area (Å²) in [5.74, 6) is 0. The van der Waals surface area contributed by atoms with Gasteiger partial charge in [0.05, 0.1) is 13.2 Å². The van der Waals surface area contributed by atoms with E-state index in [1.807, 2.05) is 13.8 Å². The van der Waals surface area contributed by atoms with Gasteiger partial charge in [0, 0.05) is 0 Å². The number of rotatable bonds is 5. The first kappa shape index (κ1) is 12.7. The highest BCUT2D eigenvalue weighted by molar-refractivity contribution is 8.11. The number of thiocarbonyl (C=S) groups is 1. The van der Waals surface area contributed by atoms with Crippen LogP contribution in [-0.2, 0) is 33.5 Å². The first-order valence-corrected chi connectivity index (χ1v) is 6.88. The molecule has 0 unspecified atom stereocenters. The zero-order valence-corrected chi connectivity index (χ0v) is 10.2. The largest absolute Gasteiger partial charge is 0.411 e. The van der Waals surface area contributed by atoms with Crippen molar-refractivity contribution < 1.29 is 9.05 Å². The molecule has 0 fully saturated rings. The Morgan fingerprint density at radius 3 is 2.08 bits per heavy atom. The Hall–Kier alpha value is 0.680. The van der Waals surface area contributed by atoms with Crippen molar-refractivity contribution in [2.75, 3.05) is 13.2 Å². The molecule has 0 atom stereocenters. The van der Waals surface area contributed by atoms with Gasteiger partial charge in [-0.2, -0.15) is 0 Å². The van der Waals surface area contributed by atoms with Gasteiger partial charge in [0.1, 0.15) is 0 Å². The summed E-state index contributed by atoms with van der Waals surface area (Å²) >= 11 is 14.4. The van der Waals surface area contributed by atoms with Crippen LogP contribution in [0.2, 0.25) is 0 Å². The van der Waals surface area contributed by atoms with Crippen LogP contribution in [0.1, 0.15) is 13.8 Å². The molecule has 7 heteroatoms. The quantitative estimate of drug-likeness (QED) is 0.450. The minimum absolute atomic E-state index is 0.195. The molecule has 0 aliphatic carbocycles. The van der Waals surface area contributed by atoms with E-state index in [0.717, 1.165) is 0 Å².